The lowest BCUT2D eigenvalue weighted by Crippen LogP contribution is -2.42. The van der Waals surface area contributed by atoms with Gasteiger partial charge < -0.3 is 10.6 Å². The van der Waals surface area contributed by atoms with E-state index in [0.29, 0.717) is 0 Å². The van der Waals surface area contributed by atoms with Gasteiger partial charge in [0.2, 0.25) is 0 Å². The first-order valence-corrected chi connectivity index (χ1v) is 6.89. The second kappa shape index (κ2) is 6.49. The molecular formula is C13H26N2. The predicted octanol–water partition coefficient (Wildman–Crippen LogP) is 2.30. The molecule has 0 aromatic rings. The van der Waals surface area contributed by atoms with Gasteiger partial charge in [0, 0.05) is 12.6 Å². The van der Waals surface area contributed by atoms with Crippen LogP contribution in [-0.2, 0) is 0 Å². The fourth-order valence-electron chi connectivity index (χ4n) is 2.95. The van der Waals surface area contributed by atoms with Crippen LogP contribution in [0.2, 0.25) is 0 Å². The summed E-state index contributed by atoms with van der Waals surface area (Å²) in [7, 11) is 0. The van der Waals surface area contributed by atoms with Crippen molar-refractivity contribution >= 4 is 0 Å². The molecule has 1 unspecified atom stereocenters. The molecule has 0 spiro atoms. The summed E-state index contributed by atoms with van der Waals surface area (Å²) in [6.07, 6.45) is 11.5. The van der Waals surface area contributed by atoms with Crippen LogP contribution in [0, 0.1) is 5.92 Å². The van der Waals surface area contributed by atoms with E-state index in [1.165, 1.54) is 71.0 Å². The number of piperidine rings is 1. The number of rotatable bonds is 4. The largest absolute Gasteiger partial charge is 0.315 e. The topological polar surface area (TPSA) is 24.1 Å². The van der Waals surface area contributed by atoms with Gasteiger partial charge in [-0.05, 0) is 44.7 Å². The van der Waals surface area contributed by atoms with Gasteiger partial charge in [-0.1, -0.05) is 25.7 Å². The van der Waals surface area contributed by atoms with Gasteiger partial charge in [-0.25, -0.2) is 0 Å². The van der Waals surface area contributed by atoms with Gasteiger partial charge in [0.25, 0.3) is 0 Å². The smallest absolute Gasteiger partial charge is 0.0192 e. The molecule has 1 saturated heterocycles. The molecule has 2 rings (SSSR count). The van der Waals surface area contributed by atoms with E-state index >= 15 is 0 Å². The molecule has 1 saturated carbocycles. The minimum atomic E-state index is 0.752. The summed E-state index contributed by atoms with van der Waals surface area (Å²) in [5.74, 6) is 0.974. The highest BCUT2D eigenvalue weighted by Crippen LogP contribution is 2.22. The summed E-state index contributed by atoms with van der Waals surface area (Å²) in [5, 5.41) is 7.26. The highest BCUT2D eigenvalue weighted by Gasteiger charge is 2.15. The van der Waals surface area contributed by atoms with E-state index in [1.54, 1.807) is 0 Å². The Kier molecular flexibility index (Phi) is 4.94. The summed E-state index contributed by atoms with van der Waals surface area (Å²) in [6, 6.07) is 0.752. The molecule has 0 bridgehead atoms. The standard InChI is InChI=1S/C13H26N2/c1-2-6-12(7-3-1)10-14-11-13-8-4-5-9-15-13/h12-15H,1-11H2. The molecule has 2 N–H and O–H groups in total. The SMILES string of the molecule is C1CCC(CNCC2CCCCN2)CC1. The van der Waals surface area contributed by atoms with Crippen molar-refractivity contribution in [3.8, 4) is 0 Å². The Bertz CT molecular complexity index is 140. The monoisotopic (exact) mass is 210 g/mol. The third-order valence-electron chi connectivity index (χ3n) is 3.96. The van der Waals surface area contributed by atoms with E-state index in [1.807, 2.05) is 0 Å². The van der Waals surface area contributed by atoms with Crippen LogP contribution in [0.4, 0.5) is 0 Å². The molecule has 0 aromatic carbocycles. The molecule has 2 aliphatic rings. The summed E-state index contributed by atoms with van der Waals surface area (Å²) in [5.41, 5.74) is 0. The quantitative estimate of drug-likeness (QED) is 0.744. The fraction of sp³-hybridized carbons (Fsp3) is 1.00. The Hall–Kier alpha value is -0.0800. The molecule has 1 aliphatic carbocycles. The summed E-state index contributed by atoms with van der Waals surface area (Å²) >= 11 is 0. The van der Waals surface area contributed by atoms with Crippen molar-refractivity contribution in [2.45, 2.75) is 57.4 Å². The maximum absolute atomic E-state index is 3.66. The molecular weight excluding hydrogens is 184 g/mol. The van der Waals surface area contributed by atoms with E-state index in [0.717, 1.165) is 12.0 Å². The average molecular weight is 210 g/mol. The third kappa shape index (κ3) is 4.12. The first-order chi connectivity index (χ1) is 7.45. The zero-order valence-electron chi connectivity index (χ0n) is 9.93. The molecule has 15 heavy (non-hydrogen) atoms. The molecule has 0 amide bonds. The van der Waals surface area contributed by atoms with E-state index in [9.17, 15) is 0 Å². The van der Waals surface area contributed by atoms with Crippen molar-refractivity contribution < 1.29 is 0 Å². The van der Waals surface area contributed by atoms with Crippen molar-refractivity contribution in [3.63, 3.8) is 0 Å². The molecule has 0 aromatic heterocycles. The second-order valence-corrected chi connectivity index (χ2v) is 5.31. The average Bonchev–Trinajstić information content (AvgIpc) is 2.32. The van der Waals surface area contributed by atoms with Gasteiger partial charge in [-0.15, -0.1) is 0 Å². The van der Waals surface area contributed by atoms with Crippen molar-refractivity contribution in [2.75, 3.05) is 19.6 Å². The van der Waals surface area contributed by atoms with Crippen molar-refractivity contribution in [3.05, 3.63) is 0 Å². The molecule has 2 heteroatoms. The van der Waals surface area contributed by atoms with Crippen LogP contribution in [0.15, 0.2) is 0 Å². The van der Waals surface area contributed by atoms with Crippen LogP contribution in [-0.4, -0.2) is 25.7 Å². The van der Waals surface area contributed by atoms with Crippen LogP contribution in [0.3, 0.4) is 0 Å². The molecule has 2 fully saturated rings. The Morgan fingerprint density at radius 2 is 1.67 bits per heavy atom. The Morgan fingerprint density at radius 3 is 2.40 bits per heavy atom. The maximum atomic E-state index is 3.66. The van der Waals surface area contributed by atoms with Gasteiger partial charge >= 0.3 is 0 Å². The molecule has 1 aliphatic heterocycles. The lowest BCUT2D eigenvalue weighted by molar-refractivity contribution is 0.323. The third-order valence-corrected chi connectivity index (χ3v) is 3.96. The zero-order valence-corrected chi connectivity index (χ0v) is 9.93. The van der Waals surface area contributed by atoms with E-state index in [2.05, 4.69) is 10.6 Å². The Balaban J connectivity index is 1.53. The van der Waals surface area contributed by atoms with E-state index in [-0.39, 0.29) is 0 Å². The van der Waals surface area contributed by atoms with Crippen molar-refractivity contribution in [2.24, 2.45) is 5.92 Å². The van der Waals surface area contributed by atoms with Crippen molar-refractivity contribution in [1.29, 1.82) is 0 Å². The van der Waals surface area contributed by atoms with Crippen molar-refractivity contribution in [1.82, 2.24) is 10.6 Å². The molecule has 2 nitrogen and oxygen atoms in total. The predicted molar refractivity (Wildman–Crippen MR) is 65.1 cm³/mol. The highest BCUT2D eigenvalue weighted by molar-refractivity contribution is 4.75. The zero-order chi connectivity index (χ0) is 10.3. The van der Waals surface area contributed by atoms with E-state index < -0.39 is 0 Å². The maximum Gasteiger partial charge on any atom is 0.0192 e. The summed E-state index contributed by atoms with van der Waals surface area (Å²) in [4.78, 5) is 0. The minimum absolute atomic E-state index is 0.752. The lowest BCUT2D eigenvalue weighted by Gasteiger charge is -2.26. The number of hydrogen-bond donors (Lipinski definition) is 2. The Labute approximate surface area is 94.2 Å². The minimum Gasteiger partial charge on any atom is -0.315 e. The van der Waals surface area contributed by atoms with Gasteiger partial charge in [-0.3, -0.25) is 0 Å². The summed E-state index contributed by atoms with van der Waals surface area (Å²) < 4.78 is 0. The van der Waals surface area contributed by atoms with Gasteiger partial charge in [-0.2, -0.15) is 0 Å². The highest BCUT2D eigenvalue weighted by atomic mass is 15.0. The number of nitrogens with one attached hydrogen (secondary N) is 2. The van der Waals surface area contributed by atoms with Crippen LogP contribution < -0.4 is 10.6 Å². The molecule has 1 heterocycles. The van der Waals surface area contributed by atoms with Crippen LogP contribution in [0.25, 0.3) is 0 Å². The summed E-state index contributed by atoms with van der Waals surface area (Å²) in [6.45, 7) is 3.68. The molecule has 0 radical (unpaired) electrons. The lowest BCUT2D eigenvalue weighted by atomic mass is 9.89. The number of hydrogen-bond acceptors (Lipinski definition) is 2. The van der Waals surface area contributed by atoms with Gasteiger partial charge in [0.15, 0.2) is 0 Å². The van der Waals surface area contributed by atoms with E-state index in [4.69, 9.17) is 0 Å². The van der Waals surface area contributed by atoms with Crippen LogP contribution >= 0.6 is 0 Å². The van der Waals surface area contributed by atoms with Crippen LogP contribution in [0.1, 0.15) is 51.4 Å². The fourth-order valence-corrected chi connectivity index (χ4v) is 2.95. The molecule has 88 valence electrons. The Morgan fingerprint density at radius 1 is 0.867 bits per heavy atom. The van der Waals surface area contributed by atoms with Crippen LogP contribution in [0.5, 0.6) is 0 Å². The normalized spacial score (nSPS) is 29.2. The first-order valence-electron chi connectivity index (χ1n) is 6.89. The van der Waals surface area contributed by atoms with Gasteiger partial charge in [0.05, 0.1) is 0 Å². The first kappa shape index (κ1) is 11.4. The molecule has 1 atom stereocenters. The second-order valence-electron chi connectivity index (χ2n) is 5.31. The van der Waals surface area contributed by atoms with Gasteiger partial charge in [0.1, 0.15) is 0 Å².